The summed E-state index contributed by atoms with van der Waals surface area (Å²) in [6.07, 6.45) is 1.41. The number of amides is 2. The molecule has 0 aromatic carbocycles. The SMILES string of the molecule is CNC(=O)[C@@H]1CC2CC2N1C(=O)OC(C)(C)C. The van der Waals surface area contributed by atoms with Crippen molar-refractivity contribution in [3.8, 4) is 0 Å². The Balaban J connectivity index is 2.07. The second kappa shape index (κ2) is 3.89. The monoisotopic (exact) mass is 240 g/mol. The Kier molecular flexibility index (Phi) is 2.79. The van der Waals surface area contributed by atoms with E-state index in [1.54, 1.807) is 11.9 Å². The van der Waals surface area contributed by atoms with Crippen LogP contribution in [0.5, 0.6) is 0 Å². The Labute approximate surface area is 101 Å². The lowest BCUT2D eigenvalue weighted by molar-refractivity contribution is -0.125. The van der Waals surface area contributed by atoms with Crippen LogP contribution in [-0.4, -0.2) is 41.6 Å². The topological polar surface area (TPSA) is 58.6 Å². The quantitative estimate of drug-likeness (QED) is 0.747. The first-order valence-electron chi connectivity index (χ1n) is 6.06. The number of carbonyl (C=O) groups is 2. The van der Waals surface area contributed by atoms with Gasteiger partial charge < -0.3 is 10.1 Å². The number of ether oxygens (including phenoxy) is 1. The number of nitrogens with one attached hydrogen (secondary N) is 1. The molecule has 0 radical (unpaired) electrons. The van der Waals surface area contributed by atoms with E-state index in [1.165, 1.54) is 0 Å². The second-order valence-electron chi connectivity index (χ2n) is 5.82. The first-order valence-corrected chi connectivity index (χ1v) is 6.06. The largest absolute Gasteiger partial charge is 0.444 e. The van der Waals surface area contributed by atoms with Crippen LogP contribution in [0.1, 0.15) is 33.6 Å². The lowest BCUT2D eigenvalue weighted by Crippen LogP contribution is -2.48. The Bertz CT molecular complexity index is 348. The summed E-state index contributed by atoms with van der Waals surface area (Å²) in [4.78, 5) is 25.4. The van der Waals surface area contributed by atoms with E-state index in [0.717, 1.165) is 12.8 Å². The van der Waals surface area contributed by atoms with E-state index in [2.05, 4.69) is 5.32 Å². The van der Waals surface area contributed by atoms with Crippen LogP contribution < -0.4 is 5.32 Å². The third-order valence-corrected chi connectivity index (χ3v) is 3.26. The van der Waals surface area contributed by atoms with E-state index in [4.69, 9.17) is 4.74 Å². The van der Waals surface area contributed by atoms with Gasteiger partial charge in [-0.15, -0.1) is 0 Å². The molecule has 1 aliphatic heterocycles. The lowest BCUT2D eigenvalue weighted by atomic mass is 10.1. The first kappa shape index (κ1) is 12.2. The van der Waals surface area contributed by atoms with Gasteiger partial charge in [-0.25, -0.2) is 4.79 Å². The summed E-state index contributed by atoms with van der Waals surface area (Å²) >= 11 is 0. The number of hydrogen-bond donors (Lipinski definition) is 1. The number of likely N-dealkylation sites (tertiary alicyclic amines) is 1. The van der Waals surface area contributed by atoms with E-state index < -0.39 is 5.60 Å². The van der Waals surface area contributed by atoms with Crippen LogP contribution in [0, 0.1) is 5.92 Å². The van der Waals surface area contributed by atoms with Crippen LogP contribution in [0.15, 0.2) is 0 Å². The number of piperidine rings is 1. The minimum absolute atomic E-state index is 0.0944. The van der Waals surface area contributed by atoms with E-state index in [9.17, 15) is 9.59 Å². The van der Waals surface area contributed by atoms with Crippen molar-refractivity contribution in [1.29, 1.82) is 0 Å². The molecule has 5 heteroatoms. The summed E-state index contributed by atoms with van der Waals surface area (Å²) < 4.78 is 5.35. The molecule has 0 aromatic rings. The minimum atomic E-state index is -0.517. The zero-order chi connectivity index (χ0) is 12.8. The predicted octanol–water partition coefficient (Wildman–Crippen LogP) is 1.13. The van der Waals surface area contributed by atoms with Gasteiger partial charge in [0.15, 0.2) is 0 Å². The molecule has 1 N–H and O–H groups in total. The van der Waals surface area contributed by atoms with Crippen molar-refractivity contribution in [3.05, 3.63) is 0 Å². The van der Waals surface area contributed by atoms with Gasteiger partial charge in [0.1, 0.15) is 11.6 Å². The third kappa shape index (κ3) is 2.37. The van der Waals surface area contributed by atoms with E-state index >= 15 is 0 Å². The lowest BCUT2D eigenvalue weighted by Gasteiger charge is -2.29. The fourth-order valence-electron chi connectivity index (χ4n) is 2.43. The Morgan fingerprint density at radius 3 is 2.47 bits per heavy atom. The van der Waals surface area contributed by atoms with E-state index in [-0.39, 0.29) is 24.1 Å². The number of nitrogens with zero attached hydrogens (tertiary/aromatic N) is 1. The van der Waals surface area contributed by atoms with Crippen LogP contribution in [-0.2, 0) is 9.53 Å². The van der Waals surface area contributed by atoms with Gasteiger partial charge in [-0.3, -0.25) is 9.69 Å². The normalized spacial score (nSPS) is 30.8. The maximum absolute atomic E-state index is 12.1. The highest BCUT2D eigenvalue weighted by molar-refractivity contribution is 5.86. The van der Waals surface area contributed by atoms with E-state index in [1.807, 2.05) is 20.8 Å². The number of rotatable bonds is 1. The molecule has 0 bridgehead atoms. The number of fused-ring (bicyclic) bond motifs is 1. The van der Waals surface area contributed by atoms with Crippen LogP contribution in [0.25, 0.3) is 0 Å². The average Bonchev–Trinajstić information content (AvgIpc) is 2.85. The number of likely N-dealkylation sites (N-methyl/N-ethyl adjacent to an activating group) is 1. The van der Waals surface area contributed by atoms with Gasteiger partial charge in [0.25, 0.3) is 0 Å². The van der Waals surface area contributed by atoms with Crippen LogP contribution in [0.2, 0.25) is 0 Å². The van der Waals surface area contributed by atoms with Gasteiger partial charge in [0, 0.05) is 13.1 Å². The van der Waals surface area contributed by atoms with Crippen molar-refractivity contribution in [2.75, 3.05) is 7.05 Å². The molecule has 17 heavy (non-hydrogen) atoms. The van der Waals surface area contributed by atoms with Crippen molar-refractivity contribution < 1.29 is 14.3 Å². The van der Waals surface area contributed by atoms with Crippen LogP contribution >= 0.6 is 0 Å². The molecule has 0 aromatic heterocycles. The van der Waals surface area contributed by atoms with Gasteiger partial charge in [0.05, 0.1) is 0 Å². The molecule has 2 amide bonds. The fourth-order valence-corrected chi connectivity index (χ4v) is 2.43. The summed E-state index contributed by atoms with van der Waals surface area (Å²) in [6, 6.07) is -0.134. The third-order valence-electron chi connectivity index (χ3n) is 3.26. The smallest absolute Gasteiger partial charge is 0.411 e. The predicted molar refractivity (Wildman–Crippen MR) is 62.4 cm³/mol. The van der Waals surface area contributed by atoms with Crippen molar-refractivity contribution in [1.82, 2.24) is 10.2 Å². The molecule has 1 saturated heterocycles. The molecule has 0 spiro atoms. The summed E-state index contributed by atoms with van der Waals surface area (Å²) in [5, 5.41) is 2.61. The Morgan fingerprint density at radius 1 is 1.29 bits per heavy atom. The van der Waals surface area contributed by atoms with Crippen molar-refractivity contribution in [3.63, 3.8) is 0 Å². The molecular weight excluding hydrogens is 220 g/mol. The summed E-state index contributed by atoms with van der Waals surface area (Å²) in [5.74, 6) is 0.396. The van der Waals surface area contributed by atoms with E-state index in [0.29, 0.717) is 5.92 Å². The molecule has 1 saturated carbocycles. The number of hydrogen-bond acceptors (Lipinski definition) is 3. The molecule has 2 aliphatic rings. The molecule has 96 valence electrons. The molecule has 1 aliphatic carbocycles. The zero-order valence-electron chi connectivity index (χ0n) is 10.8. The second-order valence-corrected chi connectivity index (χ2v) is 5.82. The highest BCUT2D eigenvalue weighted by Gasteiger charge is 2.56. The van der Waals surface area contributed by atoms with Gasteiger partial charge in [-0.1, -0.05) is 0 Å². The Hall–Kier alpha value is -1.26. The summed E-state index contributed by atoms with van der Waals surface area (Å²) in [6.45, 7) is 5.50. The summed E-state index contributed by atoms with van der Waals surface area (Å²) in [5.41, 5.74) is -0.517. The number of carbonyl (C=O) groups excluding carboxylic acids is 2. The Morgan fingerprint density at radius 2 is 1.94 bits per heavy atom. The average molecular weight is 240 g/mol. The maximum atomic E-state index is 12.1. The van der Waals surface area contributed by atoms with Crippen LogP contribution in [0.4, 0.5) is 4.79 Å². The fraction of sp³-hybridized carbons (Fsp3) is 0.833. The molecule has 1 heterocycles. The summed E-state index contributed by atoms with van der Waals surface area (Å²) in [7, 11) is 1.60. The zero-order valence-corrected chi connectivity index (χ0v) is 10.8. The van der Waals surface area contributed by atoms with Gasteiger partial charge in [0.2, 0.25) is 5.91 Å². The highest BCUT2D eigenvalue weighted by Crippen LogP contribution is 2.48. The first-order chi connectivity index (χ1) is 7.83. The van der Waals surface area contributed by atoms with Crippen molar-refractivity contribution in [2.45, 2.75) is 51.3 Å². The molecule has 2 unspecified atom stereocenters. The molecule has 2 fully saturated rings. The van der Waals surface area contributed by atoms with Gasteiger partial charge >= 0.3 is 6.09 Å². The van der Waals surface area contributed by atoms with Gasteiger partial charge in [-0.05, 0) is 39.5 Å². The molecule has 3 atom stereocenters. The highest BCUT2D eigenvalue weighted by atomic mass is 16.6. The maximum Gasteiger partial charge on any atom is 0.411 e. The van der Waals surface area contributed by atoms with Crippen molar-refractivity contribution >= 4 is 12.0 Å². The standard InChI is InChI=1S/C12H20N2O3/c1-12(2,3)17-11(16)14-8-5-7(8)6-9(14)10(15)13-4/h7-9H,5-6H2,1-4H3,(H,13,15)/t7?,8?,9-/m0/s1. The minimum Gasteiger partial charge on any atom is -0.444 e. The van der Waals surface area contributed by atoms with Crippen molar-refractivity contribution in [2.24, 2.45) is 5.92 Å². The van der Waals surface area contributed by atoms with Gasteiger partial charge in [-0.2, -0.15) is 0 Å². The molecular formula is C12H20N2O3. The molecule has 5 nitrogen and oxygen atoms in total. The molecule has 2 rings (SSSR count). The van der Waals surface area contributed by atoms with Crippen LogP contribution in [0.3, 0.4) is 0 Å².